The van der Waals surface area contributed by atoms with E-state index in [-0.39, 0.29) is 30.9 Å². The van der Waals surface area contributed by atoms with E-state index in [0.29, 0.717) is 13.1 Å². The smallest absolute Gasteiger partial charge is 0.422 e. The summed E-state index contributed by atoms with van der Waals surface area (Å²) in [6, 6.07) is 5.87. The highest BCUT2D eigenvalue weighted by Crippen LogP contribution is 2.19. The predicted octanol–water partition coefficient (Wildman–Crippen LogP) is 2.15. The fourth-order valence-electron chi connectivity index (χ4n) is 2.32. The molecule has 2 rings (SSSR count). The van der Waals surface area contributed by atoms with Gasteiger partial charge in [-0.3, -0.25) is 0 Å². The maximum atomic E-state index is 12.0. The zero-order chi connectivity index (χ0) is 16.9. The van der Waals surface area contributed by atoms with Crippen molar-refractivity contribution in [3.05, 3.63) is 29.8 Å². The van der Waals surface area contributed by atoms with Gasteiger partial charge in [0, 0.05) is 32.2 Å². The monoisotopic (exact) mass is 332 g/mol. The lowest BCUT2D eigenvalue weighted by Crippen LogP contribution is -2.38. The molecule has 8 heteroatoms. The van der Waals surface area contributed by atoms with E-state index in [1.54, 1.807) is 17.0 Å². The molecule has 0 spiro atoms. The van der Waals surface area contributed by atoms with Crippen LogP contribution >= 0.6 is 0 Å². The van der Waals surface area contributed by atoms with Crippen molar-refractivity contribution in [1.29, 1.82) is 0 Å². The van der Waals surface area contributed by atoms with E-state index in [1.807, 2.05) is 0 Å². The molecule has 0 aromatic heterocycles. The van der Waals surface area contributed by atoms with E-state index in [2.05, 4.69) is 10.1 Å². The number of halogens is 3. The summed E-state index contributed by atoms with van der Waals surface area (Å²) in [6.07, 6.45) is -3.58. The standard InChI is InChI=1S/C15H19F3N2O3/c16-15(17,18)10-23-13-3-1-11(2-4-13)7-19-14(22)20-6-5-12(8-20)9-21/h1-4,12,21H,5-10H2,(H,19,22). The topological polar surface area (TPSA) is 61.8 Å². The molecule has 0 aliphatic carbocycles. The number of hydrogen-bond donors (Lipinski definition) is 2. The van der Waals surface area contributed by atoms with Crippen molar-refractivity contribution in [3.8, 4) is 5.75 Å². The molecule has 0 saturated carbocycles. The van der Waals surface area contributed by atoms with Crippen molar-refractivity contribution in [1.82, 2.24) is 10.2 Å². The number of urea groups is 1. The molecule has 2 N–H and O–H groups in total. The molecule has 0 bridgehead atoms. The first-order chi connectivity index (χ1) is 10.9. The van der Waals surface area contributed by atoms with Crippen LogP contribution in [-0.4, -0.2) is 48.5 Å². The first kappa shape index (κ1) is 17.4. The van der Waals surface area contributed by atoms with Crippen LogP contribution in [0, 0.1) is 5.92 Å². The summed E-state index contributed by atoms with van der Waals surface area (Å²) in [5.41, 5.74) is 0.760. The van der Waals surface area contributed by atoms with E-state index < -0.39 is 12.8 Å². The average molecular weight is 332 g/mol. The van der Waals surface area contributed by atoms with Gasteiger partial charge in [-0.25, -0.2) is 4.79 Å². The number of likely N-dealkylation sites (tertiary alicyclic amines) is 1. The van der Waals surface area contributed by atoms with Crippen molar-refractivity contribution < 1.29 is 27.8 Å². The first-order valence-electron chi connectivity index (χ1n) is 7.29. The highest BCUT2D eigenvalue weighted by atomic mass is 19.4. The van der Waals surface area contributed by atoms with E-state index in [0.717, 1.165) is 12.0 Å². The SMILES string of the molecule is O=C(NCc1ccc(OCC(F)(F)F)cc1)N1CCC(CO)C1. The predicted molar refractivity (Wildman–Crippen MR) is 77.0 cm³/mol. The molecule has 1 unspecified atom stereocenters. The zero-order valence-corrected chi connectivity index (χ0v) is 12.5. The van der Waals surface area contributed by atoms with Crippen LogP contribution in [0.25, 0.3) is 0 Å². The summed E-state index contributed by atoms with van der Waals surface area (Å²) in [5.74, 6) is 0.258. The number of amides is 2. The quantitative estimate of drug-likeness (QED) is 0.868. The minimum absolute atomic E-state index is 0.0726. The second kappa shape index (κ2) is 7.54. The Labute approximate surface area is 132 Å². The molecule has 5 nitrogen and oxygen atoms in total. The van der Waals surface area contributed by atoms with E-state index >= 15 is 0 Å². The summed E-state index contributed by atoms with van der Waals surface area (Å²) in [7, 11) is 0. The van der Waals surface area contributed by atoms with Crippen LogP contribution in [-0.2, 0) is 6.54 Å². The Hall–Kier alpha value is -1.96. The highest BCUT2D eigenvalue weighted by Gasteiger charge is 2.28. The van der Waals surface area contributed by atoms with Gasteiger partial charge in [-0.05, 0) is 24.1 Å². The van der Waals surface area contributed by atoms with Gasteiger partial charge in [0.1, 0.15) is 5.75 Å². The summed E-state index contributed by atoms with van der Waals surface area (Å²) < 4.78 is 40.7. The van der Waals surface area contributed by atoms with Crippen LogP contribution in [0.4, 0.5) is 18.0 Å². The number of hydrogen-bond acceptors (Lipinski definition) is 3. The lowest BCUT2D eigenvalue weighted by molar-refractivity contribution is -0.153. The minimum Gasteiger partial charge on any atom is -0.484 e. The van der Waals surface area contributed by atoms with Crippen LogP contribution < -0.4 is 10.1 Å². The Balaban J connectivity index is 1.76. The van der Waals surface area contributed by atoms with E-state index in [9.17, 15) is 18.0 Å². The fraction of sp³-hybridized carbons (Fsp3) is 0.533. The average Bonchev–Trinajstić information content (AvgIpc) is 3.00. The number of benzene rings is 1. The number of carbonyl (C=O) groups excluding carboxylic acids is 1. The highest BCUT2D eigenvalue weighted by molar-refractivity contribution is 5.74. The molecule has 1 atom stereocenters. The van der Waals surface area contributed by atoms with Gasteiger partial charge in [0.25, 0.3) is 0 Å². The molecular formula is C15H19F3N2O3. The molecule has 1 saturated heterocycles. The maximum Gasteiger partial charge on any atom is 0.422 e. The third kappa shape index (κ3) is 5.63. The van der Waals surface area contributed by atoms with Gasteiger partial charge in [0.15, 0.2) is 6.61 Å². The zero-order valence-electron chi connectivity index (χ0n) is 12.5. The molecular weight excluding hydrogens is 313 g/mol. The molecule has 1 aliphatic heterocycles. The number of aliphatic hydroxyl groups is 1. The van der Waals surface area contributed by atoms with Crippen LogP contribution in [0.15, 0.2) is 24.3 Å². The van der Waals surface area contributed by atoms with Crippen LogP contribution in [0.1, 0.15) is 12.0 Å². The van der Waals surface area contributed by atoms with Crippen molar-refractivity contribution in [2.24, 2.45) is 5.92 Å². The number of rotatable bonds is 5. The summed E-state index contributed by atoms with van der Waals surface area (Å²) >= 11 is 0. The third-order valence-electron chi connectivity index (χ3n) is 3.60. The van der Waals surface area contributed by atoms with Gasteiger partial charge in [0.2, 0.25) is 0 Å². The molecule has 1 aliphatic rings. The number of carbonyl (C=O) groups is 1. The molecule has 1 aromatic rings. The van der Waals surface area contributed by atoms with Crippen LogP contribution in [0.5, 0.6) is 5.75 Å². The van der Waals surface area contributed by atoms with E-state index in [1.165, 1.54) is 12.1 Å². The Morgan fingerprint density at radius 2 is 2.04 bits per heavy atom. The lowest BCUT2D eigenvalue weighted by atomic mass is 10.1. The van der Waals surface area contributed by atoms with Gasteiger partial charge in [0.05, 0.1) is 0 Å². The summed E-state index contributed by atoms with van der Waals surface area (Å²) in [4.78, 5) is 13.6. The Morgan fingerprint density at radius 3 is 2.61 bits per heavy atom. The van der Waals surface area contributed by atoms with Crippen molar-refractivity contribution in [2.45, 2.75) is 19.1 Å². The van der Waals surface area contributed by atoms with Gasteiger partial charge < -0.3 is 20.1 Å². The fourth-order valence-corrected chi connectivity index (χ4v) is 2.32. The van der Waals surface area contributed by atoms with Gasteiger partial charge >= 0.3 is 12.2 Å². The Kier molecular flexibility index (Phi) is 5.70. The molecule has 2 amide bonds. The number of nitrogens with zero attached hydrogens (tertiary/aromatic N) is 1. The van der Waals surface area contributed by atoms with Crippen molar-refractivity contribution in [3.63, 3.8) is 0 Å². The Morgan fingerprint density at radius 1 is 1.35 bits per heavy atom. The minimum atomic E-state index is -4.37. The van der Waals surface area contributed by atoms with E-state index in [4.69, 9.17) is 5.11 Å². The molecule has 1 heterocycles. The summed E-state index contributed by atoms with van der Waals surface area (Å²) in [6.45, 7) is 0.166. The van der Waals surface area contributed by atoms with Crippen LogP contribution in [0.2, 0.25) is 0 Å². The Bertz CT molecular complexity index is 520. The second-order valence-corrected chi connectivity index (χ2v) is 5.49. The van der Waals surface area contributed by atoms with Gasteiger partial charge in [-0.2, -0.15) is 13.2 Å². The molecule has 0 radical (unpaired) electrons. The van der Waals surface area contributed by atoms with Crippen LogP contribution in [0.3, 0.4) is 0 Å². The first-order valence-corrected chi connectivity index (χ1v) is 7.29. The molecule has 23 heavy (non-hydrogen) atoms. The number of aliphatic hydroxyl groups excluding tert-OH is 1. The van der Waals surface area contributed by atoms with Crippen molar-refractivity contribution in [2.75, 3.05) is 26.3 Å². The third-order valence-corrected chi connectivity index (χ3v) is 3.60. The van der Waals surface area contributed by atoms with Gasteiger partial charge in [-0.15, -0.1) is 0 Å². The largest absolute Gasteiger partial charge is 0.484 e. The molecule has 128 valence electrons. The van der Waals surface area contributed by atoms with Crippen molar-refractivity contribution >= 4 is 6.03 Å². The number of nitrogens with one attached hydrogen (secondary N) is 1. The molecule has 1 fully saturated rings. The lowest BCUT2D eigenvalue weighted by Gasteiger charge is -2.17. The van der Waals surface area contributed by atoms with Gasteiger partial charge in [-0.1, -0.05) is 12.1 Å². The number of alkyl halides is 3. The maximum absolute atomic E-state index is 12.0. The summed E-state index contributed by atoms with van der Waals surface area (Å²) in [5, 5.41) is 11.8. The molecule has 1 aromatic carbocycles. The second-order valence-electron chi connectivity index (χ2n) is 5.49. The normalized spacial score (nSPS) is 18.1. The number of ether oxygens (including phenoxy) is 1.